The maximum Gasteiger partial charge on any atom is 0.490 e. The van der Waals surface area contributed by atoms with Gasteiger partial charge in [0.25, 0.3) is 0 Å². The van der Waals surface area contributed by atoms with Gasteiger partial charge in [-0.2, -0.15) is 13.2 Å². The Balaban J connectivity index is -0.000000190. The summed E-state index contributed by atoms with van der Waals surface area (Å²) in [7, 11) is 0. The van der Waals surface area contributed by atoms with E-state index in [0.717, 1.165) is 13.1 Å². The average molecular weight is 273 g/mol. The van der Waals surface area contributed by atoms with Crippen LogP contribution in [0.2, 0.25) is 0 Å². The summed E-state index contributed by atoms with van der Waals surface area (Å²) in [6, 6.07) is 0. The van der Waals surface area contributed by atoms with Gasteiger partial charge in [-0.25, -0.2) is 4.79 Å². The second-order valence-electron chi connectivity index (χ2n) is 3.47. The second kappa shape index (κ2) is 16.2. The van der Waals surface area contributed by atoms with Crippen LogP contribution in [0.3, 0.4) is 0 Å². The van der Waals surface area contributed by atoms with Gasteiger partial charge < -0.3 is 10.4 Å². The first kappa shape index (κ1) is 22.4. The Bertz CT molecular complexity index is 167. The van der Waals surface area contributed by atoms with Crippen LogP contribution in [-0.2, 0) is 4.79 Å². The van der Waals surface area contributed by atoms with Crippen molar-refractivity contribution in [3.8, 4) is 0 Å². The molecule has 0 heterocycles. The molecule has 0 aliphatic heterocycles. The van der Waals surface area contributed by atoms with Gasteiger partial charge in [0.15, 0.2) is 0 Å². The van der Waals surface area contributed by atoms with Crippen LogP contribution in [0, 0.1) is 0 Å². The van der Waals surface area contributed by atoms with Crippen molar-refractivity contribution in [2.75, 3.05) is 13.1 Å². The SMILES string of the molecule is CCCCCC.CCNCC.O=C(O)C(F)(F)F. The van der Waals surface area contributed by atoms with Crippen LogP contribution >= 0.6 is 0 Å². The quantitative estimate of drug-likeness (QED) is 0.748. The van der Waals surface area contributed by atoms with E-state index in [1.807, 2.05) is 0 Å². The Labute approximate surface area is 108 Å². The summed E-state index contributed by atoms with van der Waals surface area (Å²) in [5, 5.41) is 10.2. The molecule has 0 bridgehead atoms. The highest BCUT2D eigenvalue weighted by atomic mass is 19.4. The second-order valence-corrected chi connectivity index (χ2v) is 3.47. The van der Waals surface area contributed by atoms with Gasteiger partial charge in [-0.3, -0.25) is 0 Å². The number of carbonyl (C=O) groups is 1. The smallest absolute Gasteiger partial charge is 0.475 e. The Hall–Kier alpha value is -0.780. The molecular formula is C12H26F3NO2. The molecule has 0 fully saturated rings. The normalized spacial score (nSPS) is 9.72. The predicted molar refractivity (Wildman–Crippen MR) is 67.7 cm³/mol. The van der Waals surface area contributed by atoms with Crippen LogP contribution in [0.1, 0.15) is 53.4 Å². The molecule has 0 unspecified atom stereocenters. The number of carboxylic acids is 1. The maximum atomic E-state index is 10.6. The van der Waals surface area contributed by atoms with E-state index in [0.29, 0.717) is 0 Å². The van der Waals surface area contributed by atoms with E-state index in [1.54, 1.807) is 0 Å². The zero-order valence-electron chi connectivity index (χ0n) is 11.7. The van der Waals surface area contributed by atoms with Gasteiger partial charge >= 0.3 is 12.1 Å². The van der Waals surface area contributed by atoms with E-state index < -0.39 is 12.1 Å². The van der Waals surface area contributed by atoms with E-state index in [9.17, 15) is 13.2 Å². The lowest BCUT2D eigenvalue weighted by Gasteiger charge is -1.93. The third-order valence-corrected chi connectivity index (χ3v) is 1.70. The van der Waals surface area contributed by atoms with Crippen LogP contribution < -0.4 is 5.32 Å². The summed E-state index contributed by atoms with van der Waals surface area (Å²) < 4.78 is 31.7. The number of alkyl halides is 3. The summed E-state index contributed by atoms with van der Waals surface area (Å²) in [5.41, 5.74) is 0. The fourth-order valence-electron chi connectivity index (χ4n) is 0.750. The molecule has 18 heavy (non-hydrogen) atoms. The largest absolute Gasteiger partial charge is 0.490 e. The van der Waals surface area contributed by atoms with Crippen molar-refractivity contribution < 1.29 is 23.1 Å². The molecule has 3 nitrogen and oxygen atoms in total. The molecule has 0 radical (unpaired) electrons. The summed E-state index contributed by atoms with van der Waals surface area (Å²) >= 11 is 0. The van der Waals surface area contributed by atoms with E-state index in [-0.39, 0.29) is 0 Å². The molecule has 0 aromatic heterocycles. The van der Waals surface area contributed by atoms with Crippen LogP contribution in [0.25, 0.3) is 0 Å². The monoisotopic (exact) mass is 273 g/mol. The molecule has 6 heteroatoms. The van der Waals surface area contributed by atoms with Crippen LogP contribution in [-0.4, -0.2) is 30.3 Å². The number of halogens is 3. The Morgan fingerprint density at radius 1 is 1.00 bits per heavy atom. The molecule has 2 N–H and O–H groups in total. The summed E-state index contributed by atoms with van der Waals surface area (Å²) in [5.74, 6) is -2.76. The number of unbranched alkanes of at least 4 members (excludes halogenated alkanes) is 3. The van der Waals surface area contributed by atoms with Crippen molar-refractivity contribution in [1.29, 1.82) is 0 Å². The lowest BCUT2D eigenvalue weighted by molar-refractivity contribution is -0.192. The predicted octanol–water partition coefficient (Wildman–Crippen LogP) is 3.84. The van der Waals surface area contributed by atoms with Gasteiger partial charge in [-0.1, -0.05) is 53.4 Å². The van der Waals surface area contributed by atoms with E-state index in [4.69, 9.17) is 9.90 Å². The highest BCUT2D eigenvalue weighted by Crippen LogP contribution is 2.13. The van der Waals surface area contributed by atoms with Crippen molar-refractivity contribution in [1.82, 2.24) is 5.32 Å². The molecule has 0 amide bonds. The number of aliphatic carboxylic acids is 1. The number of nitrogens with one attached hydrogen (secondary N) is 1. The molecule has 0 aliphatic rings. The molecule has 0 saturated carbocycles. The number of hydrogen-bond acceptors (Lipinski definition) is 2. The van der Waals surface area contributed by atoms with Crippen molar-refractivity contribution in [3.63, 3.8) is 0 Å². The first-order valence-electron chi connectivity index (χ1n) is 6.28. The minimum Gasteiger partial charge on any atom is -0.475 e. The first-order valence-corrected chi connectivity index (χ1v) is 6.28. The third kappa shape index (κ3) is 29.5. The third-order valence-electron chi connectivity index (χ3n) is 1.70. The zero-order valence-corrected chi connectivity index (χ0v) is 11.7. The van der Waals surface area contributed by atoms with Gasteiger partial charge in [0.05, 0.1) is 0 Å². The molecule has 0 aliphatic carbocycles. The number of rotatable bonds is 5. The Morgan fingerprint density at radius 2 is 1.28 bits per heavy atom. The van der Waals surface area contributed by atoms with Crippen molar-refractivity contribution in [2.45, 2.75) is 59.6 Å². The molecule has 0 saturated heterocycles. The summed E-state index contributed by atoms with van der Waals surface area (Å²) in [6.07, 6.45) is 0.453. The fourth-order valence-corrected chi connectivity index (χ4v) is 0.750. The van der Waals surface area contributed by atoms with Gasteiger partial charge in [-0.05, 0) is 13.1 Å². The molecule has 0 atom stereocenters. The highest BCUT2D eigenvalue weighted by molar-refractivity contribution is 5.73. The number of carboxylic acid groups (broad SMARTS) is 1. The van der Waals surface area contributed by atoms with Gasteiger partial charge in [0.2, 0.25) is 0 Å². The number of hydrogen-bond donors (Lipinski definition) is 2. The van der Waals surface area contributed by atoms with Gasteiger partial charge in [0.1, 0.15) is 0 Å². The summed E-state index contributed by atoms with van der Waals surface area (Å²) in [6.45, 7) is 10.9. The molecule has 112 valence electrons. The standard InChI is InChI=1S/C6H14.C4H11N.C2HF3O2/c1-3-5-6-4-2;1-3-5-4-2;3-2(4,5)1(6)7/h3-6H2,1-2H3;5H,3-4H2,1-2H3;(H,6,7). The lowest BCUT2D eigenvalue weighted by atomic mass is 10.2. The van der Waals surface area contributed by atoms with E-state index in [2.05, 4.69) is 33.0 Å². The molecular weight excluding hydrogens is 247 g/mol. The zero-order chi connectivity index (χ0) is 15.0. The molecule has 0 aromatic rings. The van der Waals surface area contributed by atoms with Crippen LogP contribution in [0.4, 0.5) is 13.2 Å². The lowest BCUT2D eigenvalue weighted by Crippen LogP contribution is -2.21. The van der Waals surface area contributed by atoms with Crippen LogP contribution in [0.15, 0.2) is 0 Å². The van der Waals surface area contributed by atoms with E-state index >= 15 is 0 Å². The average Bonchev–Trinajstić information content (AvgIpc) is 2.28. The van der Waals surface area contributed by atoms with Gasteiger partial charge in [0, 0.05) is 0 Å². The maximum absolute atomic E-state index is 10.6. The highest BCUT2D eigenvalue weighted by Gasteiger charge is 2.38. The van der Waals surface area contributed by atoms with Crippen LogP contribution in [0.5, 0.6) is 0 Å². The molecule has 0 aromatic carbocycles. The molecule has 0 rings (SSSR count). The van der Waals surface area contributed by atoms with Crippen molar-refractivity contribution in [3.05, 3.63) is 0 Å². The topological polar surface area (TPSA) is 49.3 Å². The fraction of sp³-hybridized carbons (Fsp3) is 0.917. The van der Waals surface area contributed by atoms with E-state index in [1.165, 1.54) is 25.7 Å². The minimum atomic E-state index is -5.08. The minimum absolute atomic E-state index is 1.09. The van der Waals surface area contributed by atoms with Crippen molar-refractivity contribution >= 4 is 5.97 Å². The Kier molecular flexibility index (Phi) is 20.2. The molecule has 0 spiro atoms. The van der Waals surface area contributed by atoms with Crippen molar-refractivity contribution in [2.24, 2.45) is 0 Å². The Morgan fingerprint density at radius 3 is 1.33 bits per heavy atom. The summed E-state index contributed by atoms with van der Waals surface area (Å²) in [4.78, 5) is 8.90. The van der Waals surface area contributed by atoms with Gasteiger partial charge in [-0.15, -0.1) is 0 Å². The first-order chi connectivity index (χ1) is 8.27.